The van der Waals surface area contributed by atoms with Crippen LogP contribution >= 0.6 is 11.3 Å². The Morgan fingerprint density at radius 1 is 1.11 bits per heavy atom. The first-order valence-electron chi connectivity index (χ1n) is 8.15. The maximum Gasteiger partial charge on any atom is 0.349 e. The van der Waals surface area contributed by atoms with E-state index >= 15 is 0 Å². The standard InChI is InChI=1S/C19H15F2NO4S2/c1-2-26-19(23)17-18(14(11-27-17)12-6-4-3-5-7-12)28(24,25)22-13-8-9-15(20)16(21)10-13/h3-11,22H,2H2,1H3. The number of hydrogen-bond acceptors (Lipinski definition) is 5. The van der Waals surface area contributed by atoms with Crippen molar-refractivity contribution in [3.05, 3.63) is 70.4 Å². The number of benzene rings is 2. The van der Waals surface area contributed by atoms with E-state index in [-0.39, 0.29) is 22.1 Å². The van der Waals surface area contributed by atoms with Gasteiger partial charge in [0, 0.05) is 17.0 Å². The number of esters is 1. The minimum atomic E-state index is -4.30. The maximum atomic E-state index is 13.5. The molecular formula is C19H15F2NO4S2. The molecule has 3 rings (SSSR count). The third-order valence-electron chi connectivity index (χ3n) is 3.73. The summed E-state index contributed by atoms with van der Waals surface area (Å²) < 4.78 is 59.9. The number of sulfonamides is 1. The van der Waals surface area contributed by atoms with Gasteiger partial charge in [0.15, 0.2) is 11.6 Å². The lowest BCUT2D eigenvalue weighted by atomic mass is 10.1. The molecule has 0 radical (unpaired) electrons. The first-order chi connectivity index (χ1) is 13.3. The Morgan fingerprint density at radius 3 is 2.46 bits per heavy atom. The molecule has 1 N–H and O–H groups in total. The Hall–Kier alpha value is -2.78. The molecule has 0 bridgehead atoms. The van der Waals surface area contributed by atoms with Crippen LogP contribution < -0.4 is 4.72 Å². The number of carbonyl (C=O) groups is 1. The number of carbonyl (C=O) groups excluding carboxylic acids is 1. The molecule has 0 aliphatic rings. The van der Waals surface area contributed by atoms with E-state index in [2.05, 4.69) is 4.72 Å². The van der Waals surface area contributed by atoms with E-state index in [1.807, 2.05) is 0 Å². The van der Waals surface area contributed by atoms with Gasteiger partial charge in [-0.15, -0.1) is 11.3 Å². The second kappa shape index (κ2) is 8.07. The molecular weight excluding hydrogens is 408 g/mol. The van der Waals surface area contributed by atoms with Crippen LogP contribution in [0.1, 0.15) is 16.6 Å². The third-order valence-corrected chi connectivity index (χ3v) is 6.29. The van der Waals surface area contributed by atoms with Crippen LogP contribution in [0.5, 0.6) is 0 Å². The predicted molar refractivity (Wildman–Crippen MR) is 103 cm³/mol. The minimum absolute atomic E-state index is 0.0769. The quantitative estimate of drug-likeness (QED) is 0.585. The predicted octanol–water partition coefficient (Wildman–Crippen LogP) is 4.67. The van der Waals surface area contributed by atoms with Crippen molar-refractivity contribution in [3.8, 4) is 11.1 Å². The van der Waals surface area contributed by atoms with E-state index in [1.54, 1.807) is 42.6 Å². The van der Waals surface area contributed by atoms with Gasteiger partial charge in [0.25, 0.3) is 10.0 Å². The zero-order chi connectivity index (χ0) is 20.3. The highest BCUT2D eigenvalue weighted by Crippen LogP contribution is 2.36. The highest BCUT2D eigenvalue weighted by atomic mass is 32.2. The van der Waals surface area contributed by atoms with Crippen LogP contribution in [0.2, 0.25) is 0 Å². The Balaban J connectivity index is 2.12. The number of anilines is 1. The van der Waals surface area contributed by atoms with Crippen LogP contribution in [0.4, 0.5) is 14.5 Å². The summed E-state index contributed by atoms with van der Waals surface area (Å²) in [6, 6.07) is 11.3. The van der Waals surface area contributed by atoms with Gasteiger partial charge >= 0.3 is 5.97 Å². The summed E-state index contributed by atoms with van der Waals surface area (Å²) in [7, 11) is -4.30. The van der Waals surface area contributed by atoms with Crippen molar-refractivity contribution in [1.82, 2.24) is 0 Å². The van der Waals surface area contributed by atoms with Gasteiger partial charge in [-0.05, 0) is 24.6 Å². The van der Waals surface area contributed by atoms with Gasteiger partial charge < -0.3 is 4.74 Å². The highest BCUT2D eigenvalue weighted by Gasteiger charge is 2.30. The van der Waals surface area contributed by atoms with Gasteiger partial charge in [-0.2, -0.15) is 0 Å². The number of halogens is 2. The van der Waals surface area contributed by atoms with Crippen molar-refractivity contribution < 1.29 is 26.7 Å². The smallest absolute Gasteiger partial charge is 0.349 e. The Bertz CT molecular complexity index is 1110. The summed E-state index contributed by atoms with van der Waals surface area (Å²) in [5.74, 6) is -3.07. The van der Waals surface area contributed by atoms with Crippen LogP contribution in [0.3, 0.4) is 0 Å². The summed E-state index contributed by atoms with van der Waals surface area (Å²) in [6.07, 6.45) is 0. The first-order valence-corrected chi connectivity index (χ1v) is 10.5. The van der Waals surface area contributed by atoms with E-state index in [0.29, 0.717) is 11.1 Å². The van der Waals surface area contributed by atoms with Gasteiger partial charge in [-0.25, -0.2) is 22.0 Å². The summed E-state index contributed by atoms with van der Waals surface area (Å²) in [5, 5.41) is 1.54. The number of ether oxygens (including phenoxy) is 1. The number of thiophene rings is 1. The SMILES string of the molecule is CCOC(=O)c1scc(-c2ccccc2)c1S(=O)(=O)Nc1ccc(F)c(F)c1. The van der Waals surface area contributed by atoms with Gasteiger partial charge in [0.1, 0.15) is 9.77 Å². The van der Waals surface area contributed by atoms with Crippen molar-refractivity contribution in [2.45, 2.75) is 11.8 Å². The fraction of sp³-hybridized carbons (Fsp3) is 0.105. The number of hydrogen-bond donors (Lipinski definition) is 1. The molecule has 1 aromatic heterocycles. The Morgan fingerprint density at radius 2 is 1.82 bits per heavy atom. The molecule has 28 heavy (non-hydrogen) atoms. The lowest BCUT2D eigenvalue weighted by molar-refractivity contribution is 0.0528. The lowest BCUT2D eigenvalue weighted by Crippen LogP contribution is -2.17. The second-order valence-electron chi connectivity index (χ2n) is 5.63. The molecule has 0 unspecified atom stereocenters. The van der Waals surface area contributed by atoms with Gasteiger partial charge in [0.2, 0.25) is 0 Å². The van der Waals surface area contributed by atoms with E-state index < -0.39 is 27.6 Å². The molecule has 0 aliphatic carbocycles. The zero-order valence-electron chi connectivity index (χ0n) is 14.6. The largest absolute Gasteiger partial charge is 0.462 e. The van der Waals surface area contributed by atoms with Crippen molar-refractivity contribution >= 4 is 33.0 Å². The highest BCUT2D eigenvalue weighted by molar-refractivity contribution is 7.93. The van der Waals surface area contributed by atoms with Gasteiger partial charge in [0.05, 0.1) is 12.3 Å². The first kappa shape index (κ1) is 20.0. The second-order valence-corrected chi connectivity index (χ2v) is 8.13. The fourth-order valence-corrected chi connectivity index (χ4v) is 5.28. The van der Waals surface area contributed by atoms with E-state index in [1.165, 1.54) is 0 Å². The molecule has 0 spiro atoms. The molecule has 146 valence electrons. The molecule has 0 saturated carbocycles. The topological polar surface area (TPSA) is 72.5 Å². The van der Waals surface area contributed by atoms with Crippen LogP contribution in [0.15, 0.2) is 58.8 Å². The zero-order valence-corrected chi connectivity index (χ0v) is 16.2. The van der Waals surface area contributed by atoms with Crippen LogP contribution in [-0.2, 0) is 14.8 Å². The molecule has 9 heteroatoms. The average Bonchev–Trinajstić information content (AvgIpc) is 3.12. The van der Waals surface area contributed by atoms with Crippen molar-refractivity contribution in [2.75, 3.05) is 11.3 Å². The number of rotatable bonds is 6. The van der Waals surface area contributed by atoms with Gasteiger partial charge in [-0.1, -0.05) is 30.3 Å². The van der Waals surface area contributed by atoms with Crippen molar-refractivity contribution in [2.24, 2.45) is 0 Å². The molecule has 0 fully saturated rings. The van der Waals surface area contributed by atoms with E-state index in [9.17, 15) is 22.0 Å². The Labute approximate surface area is 164 Å². The molecule has 3 aromatic rings. The summed E-state index contributed by atoms with van der Waals surface area (Å²) in [5.41, 5.74) is 0.725. The summed E-state index contributed by atoms with van der Waals surface area (Å²) >= 11 is 0.934. The monoisotopic (exact) mass is 423 g/mol. The van der Waals surface area contributed by atoms with E-state index in [4.69, 9.17) is 4.74 Å². The number of nitrogens with one attached hydrogen (secondary N) is 1. The van der Waals surface area contributed by atoms with Crippen molar-refractivity contribution in [1.29, 1.82) is 0 Å². The molecule has 0 amide bonds. The lowest BCUT2D eigenvalue weighted by Gasteiger charge is -2.12. The fourth-order valence-electron chi connectivity index (χ4n) is 2.53. The molecule has 2 aromatic carbocycles. The van der Waals surface area contributed by atoms with Crippen LogP contribution in [0.25, 0.3) is 11.1 Å². The average molecular weight is 423 g/mol. The normalized spacial score (nSPS) is 11.2. The molecule has 0 atom stereocenters. The van der Waals surface area contributed by atoms with Crippen LogP contribution in [-0.4, -0.2) is 21.0 Å². The molecule has 0 saturated heterocycles. The summed E-state index contributed by atoms with van der Waals surface area (Å²) in [4.78, 5) is 11.9. The van der Waals surface area contributed by atoms with E-state index in [0.717, 1.165) is 29.5 Å². The molecule has 1 heterocycles. The van der Waals surface area contributed by atoms with Gasteiger partial charge in [-0.3, -0.25) is 4.72 Å². The Kier molecular flexibility index (Phi) is 5.76. The van der Waals surface area contributed by atoms with Crippen LogP contribution in [0, 0.1) is 11.6 Å². The summed E-state index contributed by atoms with van der Waals surface area (Å²) in [6.45, 7) is 1.69. The third kappa shape index (κ3) is 4.05. The minimum Gasteiger partial charge on any atom is -0.462 e. The van der Waals surface area contributed by atoms with Crippen molar-refractivity contribution in [3.63, 3.8) is 0 Å². The maximum absolute atomic E-state index is 13.5. The molecule has 5 nitrogen and oxygen atoms in total. The molecule has 0 aliphatic heterocycles.